The molecule has 85 heavy (non-hydrogen) atoms. The molecule has 0 saturated heterocycles. The number of benzene rings is 13. The fourth-order valence-electron chi connectivity index (χ4n) is 10.4. The van der Waals surface area contributed by atoms with Crippen LogP contribution in [0.15, 0.2) is 231 Å². The third kappa shape index (κ3) is 19.0. The van der Waals surface area contributed by atoms with Gasteiger partial charge in [-0.15, -0.1) is 13.8 Å². The molecule has 13 rings (SSSR count). The Hall–Kier alpha value is -7.48. The number of aryl methyl sites for hydroxylation is 10. The van der Waals surface area contributed by atoms with Crippen LogP contribution >= 0.6 is 0 Å². The summed E-state index contributed by atoms with van der Waals surface area (Å²) in [6.45, 7) is 25.3. The van der Waals surface area contributed by atoms with Crippen LogP contribution in [0.3, 0.4) is 0 Å². The third-order valence-corrected chi connectivity index (χ3v) is 14.8. The molecule has 0 aliphatic heterocycles. The first-order chi connectivity index (χ1) is 37.7. The zero-order valence-corrected chi connectivity index (χ0v) is 51.4. The van der Waals surface area contributed by atoms with Crippen molar-refractivity contribution in [1.82, 2.24) is 0 Å². The molecule has 0 aliphatic rings. The Bertz CT molecular complexity index is 3950. The molecular formula is C84H98Y-2. The van der Waals surface area contributed by atoms with Gasteiger partial charge in [0.25, 0.3) is 0 Å². The fourth-order valence-corrected chi connectivity index (χ4v) is 10.4. The first-order valence-corrected chi connectivity index (χ1v) is 27.3. The van der Waals surface area contributed by atoms with E-state index in [1.165, 1.54) is 142 Å². The van der Waals surface area contributed by atoms with Crippen molar-refractivity contribution in [1.29, 1.82) is 0 Å². The summed E-state index contributed by atoms with van der Waals surface area (Å²) in [5.41, 5.74) is 13.5. The Balaban J connectivity index is 0.000000511. The van der Waals surface area contributed by atoms with Crippen LogP contribution in [0.2, 0.25) is 0 Å². The zero-order valence-electron chi connectivity index (χ0n) is 48.5. The van der Waals surface area contributed by atoms with Crippen molar-refractivity contribution in [2.24, 2.45) is 0 Å². The summed E-state index contributed by atoms with van der Waals surface area (Å²) in [5.74, 6) is 0. The SMILES string of the molecule is C.C.C.C.C.C.C[C-]=CC=[C-]C.Cc1c2ccccc2c(C)c2ccccc12.Cc1ccc(C)c2cc3ccccc3cc12.Cc1ccc(C)c2ccccc12.Cc1ccc2cc(C)ccc2c1.Cc1ccc2cc3cc(C)ccc3cc2c1.[Y]. The summed E-state index contributed by atoms with van der Waals surface area (Å²) in [6, 6.07) is 78.6. The van der Waals surface area contributed by atoms with E-state index in [4.69, 9.17) is 0 Å². The van der Waals surface area contributed by atoms with Gasteiger partial charge in [-0.25, -0.2) is 0 Å². The van der Waals surface area contributed by atoms with Gasteiger partial charge in [-0.3, -0.25) is 0 Å². The molecule has 0 amide bonds. The number of rotatable bonds is 1. The van der Waals surface area contributed by atoms with Crippen LogP contribution in [-0.4, -0.2) is 0 Å². The number of hydrogen-bond acceptors (Lipinski definition) is 0. The van der Waals surface area contributed by atoms with Crippen LogP contribution in [0.1, 0.15) is 114 Å². The molecule has 0 aliphatic carbocycles. The average Bonchev–Trinajstić information content (AvgIpc) is 2.55. The normalized spacial score (nSPS) is 10.1. The Kier molecular flexibility index (Phi) is 31.8. The zero-order chi connectivity index (χ0) is 55.3. The van der Waals surface area contributed by atoms with Crippen LogP contribution in [0.25, 0.3) is 86.2 Å². The number of allylic oxidation sites excluding steroid dienone is 4. The molecular weight excluding hydrogens is 1100 g/mol. The molecule has 0 fully saturated rings. The first kappa shape index (κ1) is 75.5. The quantitative estimate of drug-likeness (QED) is 0.0873. The summed E-state index contributed by atoms with van der Waals surface area (Å²) in [4.78, 5) is 0. The molecule has 1 heteroatoms. The molecule has 1 radical (unpaired) electrons. The molecule has 0 N–H and O–H groups in total. The maximum absolute atomic E-state index is 2.83. The number of fused-ring (bicyclic) bond motifs is 8. The monoisotopic (exact) mass is 1200 g/mol. The summed E-state index contributed by atoms with van der Waals surface area (Å²) >= 11 is 0. The molecule has 0 unspecified atom stereocenters. The van der Waals surface area contributed by atoms with Crippen molar-refractivity contribution in [3.8, 4) is 0 Å². The Morgan fingerprint density at radius 2 is 0.447 bits per heavy atom. The van der Waals surface area contributed by atoms with E-state index in [-0.39, 0.29) is 77.3 Å². The van der Waals surface area contributed by atoms with E-state index in [1.807, 2.05) is 26.0 Å². The number of hydrogen-bond donors (Lipinski definition) is 0. The van der Waals surface area contributed by atoms with Gasteiger partial charge in [0.05, 0.1) is 0 Å². The molecule has 0 aromatic heterocycles. The summed E-state index contributed by atoms with van der Waals surface area (Å²) < 4.78 is 0. The maximum atomic E-state index is 2.83. The van der Waals surface area contributed by atoms with Gasteiger partial charge in [-0.2, -0.15) is 0 Å². The van der Waals surface area contributed by atoms with Crippen LogP contribution in [0.4, 0.5) is 0 Å². The summed E-state index contributed by atoms with van der Waals surface area (Å²) in [7, 11) is 0. The van der Waals surface area contributed by atoms with E-state index in [1.54, 1.807) is 0 Å². The van der Waals surface area contributed by atoms with Crippen molar-refractivity contribution in [2.75, 3.05) is 0 Å². The minimum absolute atomic E-state index is 0. The second kappa shape index (κ2) is 35.7. The van der Waals surface area contributed by atoms with Crippen LogP contribution in [0.5, 0.6) is 0 Å². The van der Waals surface area contributed by atoms with Crippen molar-refractivity contribution in [3.05, 3.63) is 298 Å². The van der Waals surface area contributed by atoms with Crippen molar-refractivity contribution >= 4 is 86.2 Å². The van der Waals surface area contributed by atoms with Crippen molar-refractivity contribution in [3.63, 3.8) is 0 Å². The van der Waals surface area contributed by atoms with E-state index in [2.05, 4.69) is 300 Å². The van der Waals surface area contributed by atoms with Gasteiger partial charge in [-0.1, -0.05) is 261 Å². The second-order valence-corrected chi connectivity index (χ2v) is 20.8. The van der Waals surface area contributed by atoms with Crippen LogP contribution in [-0.2, 0) is 32.7 Å². The summed E-state index contributed by atoms with van der Waals surface area (Å²) in [6.07, 6.45) is 9.29. The van der Waals surface area contributed by atoms with E-state index in [9.17, 15) is 0 Å². The van der Waals surface area contributed by atoms with Gasteiger partial charge >= 0.3 is 0 Å². The topological polar surface area (TPSA) is 0 Å². The first-order valence-electron chi connectivity index (χ1n) is 27.3. The largest absolute Gasteiger partial charge is 0.391 e. The van der Waals surface area contributed by atoms with Gasteiger partial charge in [0, 0.05) is 32.7 Å². The predicted octanol–water partition coefficient (Wildman–Crippen LogP) is 26.3. The smallest absolute Gasteiger partial charge is 0 e. The fraction of sp³-hybridized carbons (Fsp3) is 0.214. The molecule has 0 heterocycles. The molecule has 13 aromatic rings. The summed E-state index contributed by atoms with van der Waals surface area (Å²) in [5, 5.41) is 21.6. The average molecular weight is 1200 g/mol. The van der Waals surface area contributed by atoms with E-state index in [0.717, 1.165) is 0 Å². The molecule has 13 aromatic carbocycles. The maximum Gasteiger partial charge on any atom is 0 e. The Morgan fingerprint density at radius 3 is 0.729 bits per heavy atom. The Morgan fingerprint density at radius 1 is 0.224 bits per heavy atom. The van der Waals surface area contributed by atoms with Gasteiger partial charge in [0.15, 0.2) is 0 Å². The van der Waals surface area contributed by atoms with E-state index in [0.29, 0.717) is 0 Å². The van der Waals surface area contributed by atoms with Gasteiger partial charge in [0.2, 0.25) is 0 Å². The van der Waals surface area contributed by atoms with Crippen molar-refractivity contribution in [2.45, 2.75) is 128 Å². The van der Waals surface area contributed by atoms with Crippen LogP contribution in [0, 0.1) is 81.4 Å². The third-order valence-electron chi connectivity index (χ3n) is 14.8. The second-order valence-electron chi connectivity index (χ2n) is 20.8. The van der Waals surface area contributed by atoms with Gasteiger partial charge in [-0.05, 0) is 213 Å². The molecule has 0 bridgehead atoms. The van der Waals surface area contributed by atoms with Crippen molar-refractivity contribution < 1.29 is 32.7 Å². The van der Waals surface area contributed by atoms with E-state index < -0.39 is 0 Å². The molecule has 0 nitrogen and oxygen atoms in total. The van der Waals surface area contributed by atoms with Gasteiger partial charge in [0.1, 0.15) is 0 Å². The van der Waals surface area contributed by atoms with E-state index >= 15 is 0 Å². The predicted molar refractivity (Wildman–Crippen MR) is 387 cm³/mol. The Labute approximate surface area is 540 Å². The standard InChI is InChI=1S/3C16H14.2C12H12.C6H8.6CH4.Y/c1-11-3-5-13-10-16-8-12(2)4-6-14(16)9-15(13)7-11;1-11-13-7-3-5-9-15(13)12(2)16-10-6-4-8-14(11)16;1-11-7-8-12(2)16-10-14-6-4-3-5-13(14)9-15(11)16;1-9-3-5-12-8-10(2)4-6-11(12)7-9;1-9-7-8-10(2)12-6-4-3-5-11(9)12;1-3-5-6-4-2;;;;;;;/h3*3-10H,1-2H3;2*3-8H,1-2H3;5-6H,1-2H3;6*1H4;/q;;;;;-2;;;;;;;. The van der Waals surface area contributed by atoms with Crippen LogP contribution < -0.4 is 0 Å². The van der Waals surface area contributed by atoms with Gasteiger partial charge < -0.3 is 24.3 Å². The molecule has 439 valence electrons. The molecule has 0 atom stereocenters. The molecule has 0 saturated carbocycles. The molecule has 0 spiro atoms. The minimum atomic E-state index is 0. The minimum Gasteiger partial charge on any atom is -0.391 e.